The largest absolute Gasteiger partial charge is 0.354 e. The number of nitrogens with zero attached hydrogens (tertiary/aromatic N) is 1. The topological polar surface area (TPSA) is 71.1 Å². The van der Waals surface area contributed by atoms with Crippen molar-refractivity contribution < 1.29 is 9.59 Å². The van der Waals surface area contributed by atoms with E-state index in [1.54, 1.807) is 6.20 Å². The Morgan fingerprint density at radius 3 is 2.77 bits per heavy atom. The molecule has 0 spiro atoms. The Kier molecular flexibility index (Phi) is 6.38. The van der Waals surface area contributed by atoms with Crippen LogP contribution in [0.15, 0.2) is 30.5 Å². The number of amides is 2. The minimum atomic E-state index is -0.124. The highest BCUT2D eigenvalue weighted by atomic mass is 35.5. The maximum atomic E-state index is 12.9. The van der Waals surface area contributed by atoms with Gasteiger partial charge in [-0.15, -0.1) is 0 Å². The summed E-state index contributed by atoms with van der Waals surface area (Å²) in [7, 11) is 0. The van der Waals surface area contributed by atoms with E-state index in [2.05, 4.69) is 33.8 Å². The number of rotatable bonds is 4. The number of anilines is 1. The van der Waals surface area contributed by atoms with Gasteiger partial charge in [-0.1, -0.05) is 36.2 Å². The fraction of sp³-hybridized carbons (Fsp3) is 0.458. The van der Waals surface area contributed by atoms with Crippen LogP contribution in [-0.2, 0) is 22.4 Å². The molecule has 0 unspecified atom stereocenters. The molecule has 158 valence electrons. The van der Waals surface area contributed by atoms with Gasteiger partial charge in [0.15, 0.2) is 0 Å². The molecule has 4 rings (SSSR count). The van der Waals surface area contributed by atoms with Crippen LogP contribution < -0.4 is 10.6 Å². The molecule has 1 aromatic heterocycles. The molecule has 2 aliphatic carbocycles. The summed E-state index contributed by atoms with van der Waals surface area (Å²) < 4.78 is 0. The molecule has 6 heteroatoms. The normalized spacial score (nSPS) is 20.9. The van der Waals surface area contributed by atoms with Gasteiger partial charge in [-0.25, -0.2) is 4.98 Å². The summed E-state index contributed by atoms with van der Waals surface area (Å²) >= 11 is 6.51. The number of nitrogens with one attached hydrogen (secondary N) is 2. The number of halogens is 1. The lowest BCUT2D eigenvalue weighted by Crippen LogP contribution is -2.40. The van der Waals surface area contributed by atoms with E-state index in [9.17, 15) is 9.59 Å². The fourth-order valence-corrected chi connectivity index (χ4v) is 5.03. The first-order valence-corrected chi connectivity index (χ1v) is 11.2. The molecule has 2 amide bonds. The monoisotopic (exact) mass is 425 g/mol. The highest BCUT2D eigenvalue weighted by Gasteiger charge is 2.28. The van der Waals surface area contributed by atoms with Gasteiger partial charge in [0, 0.05) is 30.6 Å². The van der Waals surface area contributed by atoms with Gasteiger partial charge in [0.25, 0.3) is 0 Å². The molecule has 2 aliphatic rings. The van der Waals surface area contributed by atoms with E-state index < -0.39 is 0 Å². The van der Waals surface area contributed by atoms with Gasteiger partial charge in [-0.05, 0) is 67.7 Å². The minimum Gasteiger partial charge on any atom is -0.354 e. The molecular formula is C24H28ClN3O2. The number of aryl methyl sites for hydroxylation is 1. The Bertz CT molecular complexity index is 959. The first kappa shape index (κ1) is 20.9. The number of pyridine rings is 1. The summed E-state index contributed by atoms with van der Waals surface area (Å²) in [6.45, 7) is 1.52. The van der Waals surface area contributed by atoms with Crippen molar-refractivity contribution in [2.75, 3.05) is 5.32 Å². The van der Waals surface area contributed by atoms with Gasteiger partial charge < -0.3 is 10.6 Å². The van der Waals surface area contributed by atoms with E-state index in [0.717, 1.165) is 43.2 Å². The Hall–Kier alpha value is -2.40. The molecule has 5 nitrogen and oxygen atoms in total. The second-order valence-corrected chi connectivity index (χ2v) is 8.86. The standard InChI is InChI=1S/C24H28ClN3O2/c1-15(29)27-18-9-4-8-17(12-18)24(30)28-23-13-21(22(25)14-26-23)20-11-5-7-16-6-2-3-10-19(16)20/h5,7,11,13-14,17-18H,2-4,6,8-10,12H2,1H3,(H,27,29)(H,26,28,30)/t17-,18+/m0/s1. The zero-order chi connectivity index (χ0) is 21.1. The van der Waals surface area contributed by atoms with Crippen molar-refractivity contribution in [2.45, 2.75) is 64.3 Å². The Morgan fingerprint density at radius 1 is 1.10 bits per heavy atom. The molecule has 0 saturated heterocycles. The number of aromatic nitrogens is 1. The van der Waals surface area contributed by atoms with Gasteiger partial charge in [0.2, 0.25) is 11.8 Å². The summed E-state index contributed by atoms with van der Waals surface area (Å²) in [6, 6.07) is 8.34. The van der Waals surface area contributed by atoms with E-state index in [1.807, 2.05) is 6.07 Å². The molecule has 30 heavy (non-hydrogen) atoms. The molecule has 2 atom stereocenters. The zero-order valence-electron chi connectivity index (χ0n) is 17.3. The highest BCUT2D eigenvalue weighted by Crippen LogP contribution is 2.36. The minimum absolute atomic E-state index is 0.0408. The fourth-order valence-electron chi connectivity index (χ4n) is 4.82. The van der Waals surface area contributed by atoms with Crippen LogP contribution in [0.1, 0.15) is 56.6 Å². The van der Waals surface area contributed by atoms with Crippen LogP contribution in [0.4, 0.5) is 5.82 Å². The predicted octanol–water partition coefficient (Wildman–Crippen LogP) is 4.91. The van der Waals surface area contributed by atoms with Gasteiger partial charge in [0.05, 0.1) is 5.02 Å². The van der Waals surface area contributed by atoms with Crippen molar-refractivity contribution in [2.24, 2.45) is 5.92 Å². The van der Waals surface area contributed by atoms with Crippen molar-refractivity contribution in [3.8, 4) is 11.1 Å². The maximum absolute atomic E-state index is 12.9. The second kappa shape index (κ2) is 9.17. The van der Waals surface area contributed by atoms with Crippen LogP contribution in [0.25, 0.3) is 11.1 Å². The molecule has 1 aromatic carbocycles. The van der Waals surface area contributed by atoms with E-state index in [4.69, 9.17) is 11.6 Å². The van der Waals surface area contributed by atoms with Gasteiger partial charge in [-0.3, -0.25) is 9.59 Å². The third-order valence-electron chi connectivity index (χ3n) is 6.25. The van der Waals surface area contributed by atoms with E-state index in [-0.39, 0.29) is 23.8 Å². The lowest BCUT2D eigenvalue weighted by molar-refractivity contribution is -0.123. The van der Waals surface area contributed by atoms with E-state index in [1.165, 1.54) is 30.9 Å². The molecule has 2 N–H and O–H groups in total. The maximum Gasteiger partial charge on any atom is 0.228 e. The number of fused-ring (bicyclic) bond motifs is 1. The third-order valence-corrected chi connectivity index (χ3v) is 6.55. The molecule has 0 aliphatic heterocycles. The van der Waals surface area contributed by atoms with Crippen molar-refractivity contribution in [1.29, 1.82) is 0 Å². The van der Waals surface area contributed by atoms with Gasteiger partial charge >= 0.3 is 0 Å². The Balaban J connectivity index is 1.53. The van der Waals surface area contributed by atoms with Gasteiger partial charge in [0.1, 0.15) is 5.82 Å². The Morgan fingerprint density at radius 2 is 1.93 bits per heavy atom. The highest BCUT2D eigenvalue weighted by molar-refractivity contribution is 6.33. The summed E-state index contributed by atoms with van der Waals surface area (Å²) in [5.74, 6) is 0.313. The lowest BCUT2D eigenvalue weighted by atomic mass is 9.85. The average Bonchev–Trinajstić information content (AvgIpc) is 2.74. The average molecular weight is 426 g/mol. The number of benzene rings is 1. The smallest absolute Gasteiger partial charge is 0.228 e. The number of hydrogen-bond acceptors (Lipinski definition) is 3. The molecule has 0 bridgehead atoms. The number of carbonyl (C=O) groups excluding carboxylic acids is 2. The molecule has 1 heterocycles. The lowest BCUT2D eigenvalue weighted by Gasteiger charge is -2.28. The van der Waals surface area contributed by atoms with Crippen LogP contribution in [0.2, 0.25) is 5.02 Å². The van der Waals surface area contributed by atoms with Crippen LogP contribution in [0.3, 0.4) is 0 Å². The first-order chi connectivity index (χ1) is 14.5. The predicted molar refractivity (Wildman–Crippen MR) is 120 cm³/mol. The molecule has 1 saturated carbocycles. The van der Waals surface area contributed by atoms with Crippen molar-refractivity contribution in [3.05, 3.63) is 46.6 Å². The SMILES string of the molecule is CC(=O)N[C@@H]1CCC[C@H](C(=O)Nc2cc(-c3cccc4c3CCCC4)c(Cl)cn2)C1. The van der Waals surface area contributed by atoms with Crippen LogP contribution in [0.5, 0.6) is 0 Å². The van der Waals surface area contributed by atoms with E-state index in [0.29, 0.717) is 17.3 Å². The quantitative estimate of drug-likeness (QED) is 0.730. The molecular weight excluding hydrogens is 398 g/mol. The summed E-state index contributed by atoms with van der Waals surface area (Å²) in [5.41, 5.74) is 4.81. The second-order valence-electron chi connectivity index (χ2n) is 8.45. The van der Waals surface area contributed by atoms with Gasteiger partial charge in [-0.2, -0.15) is 0 Å². The van der Waals surface area contributed by atoms with E-state index >= 15 is 0 Å². The summed E-state index contributed by atoms with van der Waals surface area (Å²) in [4.78, 5) is 28.6. The molecule has 1 fully saturated rings. The third kappa shape index (κ3) is 4.67. The van der Waals surface area contributed by atoms with Crippen molar-refractivity contribution in [3.63, 3.8) is 0 Å². The Labute approximate surface area is 182 Å². The van der Waals surface area contributed by atoms with Crippen LogP contribution in [0, 0.1) is 5.92 Å². The van der Waals surface area contributed by atoms with Crippen LogP contribution >= 0.6 is 11.6 Å². The molecule has 0 radical (unpaired) electrons. The number of carbonyl (C=O) groups is 2. The van der Waals surface area contributed by atoms with Crippen molar-refractivity contribution >= 4 is 29.2 Å². The first-order valence-electron chi connectivity index (χ1n) is 10.9. The zero-order valence-corrected chi connectivity index (χ0v) is 18.1. The summed E-state index contributed by atoms with van der Waals surface area (Å²) in [5, 5.41) is 6.52. The van der Waals surface area contributed by atoms with Crippen molar-refractivity contribution in [1.82, 2.24) is 10.3 Å². The summed E-state index contributed by atoms with van der Waals surface area (Å²) in [6.07, 6.45) is 9.54. The number of hydrogen-bond donors (Lipinski definition) is 2. The molecule has 2 aromatic rings. The van der Waals surface area contributed by atoms with Crippen LogP contribution in [-0.4, -0.2) is 22.8 Å².